The van der Waals surface area contributed by atoms with Gasteiger partial charge in [-0.05, 0) is 42.3 Å². The van der Waals surface area contributed by atoms with Crippen LogP contribution in [0.4, 0.5) is 10.8 Å². The Balaban J connectivity index is 1.67. The van der Waals surface area contributed by atoms with E-state index < -0.39 is 0 Å². The number of hydrogen-bond acceptors (Lipinski definition) is 4. The number of benzene rings is 2. The first-order chi connectivity index (χ1) is 14.2. The number of hydrogen-bond donors (Lipinski definition) is 0. The van der Waals surface area contributed by atoms with Crippen LogP contribution in [0.25, 0.3) is 10.2 Å². The number of anilines is 2. The number of aryl methyl sites for hydroxylation is 2. The van der Waals surface area contributed by atoms with Crippen LogP contribution in [0.15, 0.2) is 77.7 Å². The van der Waals surface area contributed by atoms with Crippen LogP contribution in [0.1, 0.15) is 18.9 Å². The van der Waals surface area contributed by atoms with Gasteiger partial charge < -0.3 is 4.57 Å². The molecule has 0 spiro atoms. The van der Waals surface area contributed by atoms with Crippen molar-refractivity contribution in [3.8, 4) is 0 Å². The van der Waals surface area contributed by atoms with Gasteiger partial charge in [0.1, 0.15) is 0 Å². The SMILES string of the molecule is CCc1ccc(N(C(=O)CCn2ccccc2=O)c2nc3ccccc3s2)cc1. The van der Waals surface area contributed by atoms with E-state index in [9.17, 15) is 9.59 Å². The van der Waals surface area contributed by atoms with Crippen LogP contribution in [0.3, 0.4) is 0 Å². The van der Waals surface area contributed by atoms with Crippen LogP contribution in [-0.2, 0) is 17.8 Å². The van der Waals surface area contributed by atoms with Gasteiger partial charge in [0.15, 0.2) is 5.13 Å². The van der Waals surface area contributed by atoms with Gasteiger partial charge in [0.05, 0.1) is 15.9 Å². The summed E-state index contributed by atoms with van der Waals surface area (Å²) < 4.78 is 2.58. The first kappa shape index (κ1) is 19.1. The van der Waals surface area contributed by atoms with Crippen LogP contribution in [0.2, 0.25) is 0 Å². The number of thiazole rings is 1. The highest BCUT2D eigenvalue weighted by Crippen LogP contribution is 2.34. The molecule has 2 heterocycles. The summed E-state index contributed by atoms with van der Waals surface area (Å²) in [5.41, 5.74) is 2.75. The van der Waals surface area contributed by atoms with Gasteiger partial charge in [-0.3, -0.25) is 14.5 Å². The molecule has 6 heteroatoms. The lowest BCUT2D eigenvalue weighted by Crippen LogP contribution is -2.28. The minimum atomic E-state index is -0.112. The van der Waals surface area contributed by atoms with Gasteiger partial charge in [0.2, 0.25) is 5.91 Å². The molecule has 0 atom stereocenters. The van der Waals surface area contributed by atoms with Crippen molar-refractivity contribution in [1.29, 1.82) is 0 Å². The lowest BCUT2D eigenvalue weighted by molar-refractivity contribution is -0.118. The molecule has 0 saturated heterocycles. The Morgan fingerprint density at radius 2 is 1.79 bits per heavy atom. The summed E-state index contributed by atoms with van der Waals surface area (Å²) in [5, 5.41) is 0.640. The molecule has 0 unspecified atom stereocenters. The van der Waals surface area contributed by atoms with E-state index in [1.165, 1.54) is 23.0 Å². The average Bonchev–Trinajstić information content (AvgIpc) is 3.17. The monoisotopic (exact) mass is 403 g/mol. The molecule has 0 saturated carbocycles. The van der Waals surface area contributed by atoms with E-state index in [1.807, 2.05) is 48.5 Å². The molecule has 0 aliphatic heterocycles. The Kier molecular flexibility index (Phi) is 5.53. The Morgan fingerprint density at radius 1 is 1.03 bits per heavy atom. The maximum absolute atomic E-state index is 13.2. The molecule has 5 nitrogen and oxygen atoms in total. The Hall–Kier alpha value is -3.25. The Bertz CT molecular complexity index is 1160. The predicted molar refractivity (Wildman–Crippen MR) is 118 cm³/mol. The summed E-state index contributed by atoms with van der Waals surface area (Å²) in [7, 11) is 0. The van der Waals surface area contributed by atoms with Gasteiger partial charge >= 0.3 is 0 Å². The Morgan fingerprint density at radius 3 is 2.52 bits per heavy atom. The van der Waals surface area contributed by atoms with E-state index in [1.54, 1.807) is 27.8 Å². The number of para-hydroxylation sites is 1. The molecule has 4 rings (SSSR count). The molecule has 0 bridgehead atoms. The molecule has 4 aromatic rings. The second-order valence-electron chi connectivity index (χ2n) is 6.70. The van der Waals surface area contributed by atoms with Crippen LogP contribution in [-0.4, -0.2) is 15.5 Å². The third-order valence-electron chi connectivity index (χ3n) is 4.79. The molecule has 0 aliphatic rings. The Labute approximate surface area is 172 Å². The highest BCUT2D eigenvalue weighted by atomic mass is 32.1. The van der Waals surface area contributed by atoms with Crippen LogP contribution < -0.4 is 10.5 Å². The second-order valence-corrected chi connectivity index (χ2v) is 7.70. The smallest absolute Gasteiger partial charge is 0.250 e. The van der Waals surface area contributed by atoms with Crippen molar-refractivity contribution in [1.82, 2.24) is 9.55 Å². The molecule has 146 valence electrons. The van der Waals surface area contributed by atoms with Crippen molar-refractivity contribution in [2.24, 2.45) is 0 Å². The van der Waals surface area contributed by atoms with Gasteiger partial charge in [-0.25, -0.2) is 4.98 Å². The maximum Gasteiger partial charge on any atom is 0.250 e. The zero-order valence-corrected chi connectivity index (χ0v) is 16.9. The quantitative estimate of drug-likeness (QED) is 0.466. The van der Waals surface area contributed by atoms with Crippen LogP contribution >= 0.6 is 11.3 Å². The van der Waals surface area contributed by atoms with Crippen molar-refractivity contribution >= 4 is 38.3 Å². The van der Waals surface area contributed by atoms with E-state index in [-0.39, 0.29) is 17.9 Å². The molecule has 2 aromatic carbocycles. The third kappa shape index (κ3) is 4.12. The van der Waals surface area contributed by atoms with E-state index >= 15 is 0 Å². The highest BCUT2D eigenvalue weighted by molar-refractivity contribution is 7.22. The molecular weight excluding hydrogens is 382 g/mol. The standard InChI is InChI=1S/C23H21N3O2S/c1-2-17-10-12-18(13-11-17)26(23-24-19-7-3-4-8-20(19)29-23)22(28)14-16-25-15-6-5-9-21(25)27/h3-13,15H,2,14,16H2,1H3. The van der Waals surface area contributed by atoms with Gasteiger partial charge in [-0.15, -0.1) is 0 Å². The number of pyridine rings is 1. The fourth-order valence-corrected chi connectivity index (χ4v) is 4.17. The molecule has 1 amide bonds. The number of nitrogens with zero attached hydrogens (tertiary/aromatic N) is 3. The average molecular weight is 404 g/mol. The number of carbonyl (C=O) groups is 1. The maximum atomic E-state index is 13.2. The highest BCUT2D eigenvalue weighted by Gasteiger charge is 2.21. The summed E-state index contributed by atoms with van der Waals surface area (Å²) in [5.74, 6) is -0.0935. The van der Waals surface area contributed by atoms with Gasteiger partial charge in [0, 0.05) is 25.2 Å². The zero-order valence-electron chi connectivity index (χ0n) is 16.1. The number of fused-ring (bicyclic) bond motifs is 1. The number of amides is 1. The molecular formula is C23H21N3O2S. The normalized spacial score (nSPS) is 10.9. The number of aromatic nitrogens is 2. The van der Waals surface area contributed by atoms with Crippen molar-refractivity contribution < 1.29 is 4.79 Å². The first-order valence-electron chi connectivity index (χ1n) is 9.58. The lowest BCUT2D eigenvalue weighted by Gasteiger charge is -2.20. The second kappa shape index (κ2) is 8.41. The summed E-state index contributed by atoms with van der Waals surface area (Å²) in [4.78, 5) is 31.5. The predicted octanol–water partition coefficient (Wildman–Crippen LogP) is 4.78. The number of carbonyl (C=O) groups excluding carboxylic acids is 1. The van der Waals surface area contributed by atoms with E-state index in [2.05, 4.69) is 11.9 Å². The fourth-order valence-electron chi connectivity index (χ4n) is 3.17. The first-order valence-corrected chi connectivity index (χ1v) is 10.4. The van der Waals surface area contributed by atoms with Crippen molar-refractivity contribution in [3.05, 3.63) is 88.8 Å². The van der Waals surface area contributed by atoms with Crippen molar-refractivity contribution in [3.63, 3.8) is 0 Å². The van der Waals surface area contributed by atoms with Crippen LogP contribution in [0.5, 0.6) is 0 Å². The third-order valence-corrected chi connectivity index (χ3v) is 5.81. The van der Waals surface area contributed by atoms with E-state index in [0.29, 0.717) is 11.7 Å². The van der Waals surface area contributed by atoms with Gasteiger partial charge in [0.25, 0.3) is 5.56 Å². The zero-order chi connectivity index (χ0) is 20.2. The summed E-state index contributed by atoms with van der Waals surface area (Å²) in [6.45, 7) is 2.43. The molecule has 29 heavy (non-hydrogen) atoms. The fraction of sp³-hybridized carbons (Fsp3) is 0.174. The largest absolute Gasteiger partial charge is 0.315 e. The summed E-state index contributed by atoms with van der Waals surface area (Å²) >= 11 is 1.49. The summed E-state index contributed by atoms with van der Waals surface area (Å²) in [6, 6.07) is 20.8. The molecule has 0 fully saturated rings. The summed E-state index contributed by atoms with van der Waals surface area (Å²) in [6.07, 6.45) is 2.84. The van der Waals surface area contributed by atoms with Gasteiger partial charge in [-0.1, -0.05) is 48.6 Å². The number of rotatable bonds is 6. The lowest BCUT2D eigenvalue weighted by atomic mass is 10.1. The van der Waals surface area contributed by atoms with Crippen molar-refractivity contribution in [2.45, 2.75) is 26.3 Å². The van der Waals surface area contributed by atoms with E-state index in [0.717, 1.165) is 22.3 Å². The molecule has 0 radical (unpaired) electrons. The minimum absolute atomic E-state index is 0.0935. The molecule has 0 aliphatic carbocycles. The van der Waals surface area contributed by atoms with E-state index in [4.69, 9.17) is 0 Å². The minimum Gasteiger partial charge on any atom is -0.315 e. The van der Waals surface area contributed by atoms with Crippen molar-refractivity contribution in [2.75, 3.05) is 4.90 Å². The molecule has 0 N–H and O–H groups in total. The van der Waals surface area contributed by atoms with Crippen LogP contribution in [0, 0.1) is 0 Å². The topological polar surface area (TPSA) is 55.2 Å². The molecule has 2 aromatic heterocycles. The van der Waals surface area contributed by atoms with Gasteiger partial charge in [-0.2, -0.15) is 0 Å².